The predicted molar refractivity (Wildman–Crippen MR) is 67.9 cm³/mol. The third-order valence-corrected chi connectivity index (χ3v) is 3.68. The number of rotatable bonds is 5. The summed E-state index contributed by atoms with van der Waals surface area (Å²) in [5.74, 6) is -1.46. The van der Waals surface area contributed by atoms with E-state index in [4.69, 9.17) is 5.11 Å². The molecule has 100 valence electrons. The first-order valence-electron chi connectivity index (χ1n) is 5.52. The van der Waals surface area contributed by atoms with Crippen LogP contribution in [-0.2, 0) is 16.1 Å². The Morgan fingerprint density at radius 3 is 2.50 bits per heavy atom. The molecule has 7 heteroatoms. The van der Waals surface area contributed by atoms with E-state index in [0.717, 1.165) is 21.9 Å². The molecule has 2 N–H and O–H groups in total. The molecule has 18 heavy (non-hydrogen) atoms. The number of aryl methyl sites for hydroxylation is 1. The molecule has 1 heterocycles. The molecule has 1 rings (SSSR count). The second-order valence-electron chi connectivity index (χ2n) is 4.04. The van der Waals surface area contributed by atoms with Crippen LogP contribution < -0.4 is 10.2 Å². The van der Waals surface area contributed by atoms with Gasteiger partial charge in [-0.05, 0) is 20.8 Å². The zero-order valence-electron chi connectivity index (χ0n) is 10.5. The van der Waals surface area contributed by atoms with Gasteiger partial charge in [-0.15, -0.1) is 0 Å². The highest BCUT2D eigenvalue weighted by molar-refractivity contribution is 7.09. The molecule has 0 bridgehead atoms. The predicted octanol–water partition coefficient (Wildman–Crippen LogP) is 0.506. The Morgan fingerprint density at radius 2 is 2.06 bits per heavy atom. The summed E-state index contributed by atoms with van der Waals surface area (Å²) in [4.78, 5) is 34.4. The number of hydrogen-bond acceptors (Lipinski definition) is 4. The van der Waals surface area contributed by atoms with E-state index >= 15 is 0 Å². The number of amides is 1. The normalized spacial score (nSPS) is 12.2. The quantitative estimate of drug-likeness (QED) is 0.817. The van der Waals surface area contributed by atoms with E-state index in [9.17, 15) is 14.4 Å². The van der Waals surface area contributed by atoms with E-state index < -0.39 is 12.0 Å². The van der Waals surface area contributed by atoms with Gasteiger partial charge in [0.1, 0.15) is 6.04 Å². The smallest absolute Gasteiger partial charge is 0.325 e. The van der Waals surface area contributed by atoms with Gasteiger partial charge in [0.15, 0.2) is 0 Å². The van der Waals surface area contributed by atoms with Gasteiger partial charge in [0, 0.05) is 23.5 Å². The van der Waals surface area contributed by atoms with Crippen LogP contribution in [0.5, 0.6) is 0 Å². The Kier molecular flexibility index (Phi) is 4.66. The Morgan fingerprint density at radius 1 is 1.44 bits per heavy atom. The molecule has 1 aromatic heterocycles. The van der Waals surface area contributed by atoms with Crippen LogP contribution in [0.4, 0.5) is 0 Å². The highest BCUT2D eigenvalue weighted by Crippen LogP contribution is 2.09. The number of aliphatic carboxylic acids is 1. The number of nitrogens with one attached hydrogen (secondary N) is 1. The van der Waals surface area contributed by atoms with E-state index in [1.54, 1.807) is 0 Å². The van der Waals surface area contributed by atoms with E-state index in [0.29, 0.717) is 0 Å². The second-order valence-corrected chi connectivity index (χ2v) is 5.20. The molecule has 0 spiro atoms. The number of thiazole rings is 1. The zero-order chi connectivity index (χ0) is 13.9. The SMILES string of the molecule is Cc1sc(=O)n(CCC(=O)N[C@H](C)C(=O)O)c1C. The molecule has 1 aromatic rings. The van der Waals surface area contributed by atoms with Gasteiger partial charge in [-0.1, -0.05) is 11.3 Å². The van der Waals surface area contributed by atoms with Crippen molar-refractivity contribution in [2.45, 2.75) is 39.8 Å². The Balaban J connectivity index is 2.58. The van der Waals surface area contributed by atoms with Gasteiger partial charge in [-0.3, -0.25) is 14.4 Å². The first kappa shape index (κ1) is 14.4. The number of hydrogen-bond donors (Lipinski definition) is 2. The lowest BCUT2D eigenvalue weighted by molar-refractivity contribution is -0.141. The van der Waals surface area contributed by atoms with Gasteiger partial charge in [0.25, 0.3) is 0 Å². The summed E-state index contributed by atoms with van der Waals surface area (Å²) < 4.78 is 1.53. The molecular weight excluding hydrogens is 256 g/mol. The highest BCUT2D eigenvalue weighted by Gasteiger charge is 2.14. The summed E-state index contributed by atoms with van der Waals surface area (Å²) in [5.41, 5.74) is 0.851. The first-order chi connectivity index (χ1) is 8.32. The zero-order valence-corrected chi connectivity index (χ0v) is 11.3. The summed E-state index contributed by atoms with van der Waals surface area (Å²) in [6, 6.07) is -0.917. The van der Waals surface area contributed by atoms with Crippen molar-refractivity contribution >= 4 is 23.2 Å². The van der Waals surface area contributed by atoms with E-state index in [-0.39, 0.29) is 23.7 Å². The minimum absolute atomic E-state index is 0.0918. The largest absolute Gasteiger partial charge is 0.480 e. The first-order valence-corrected chi connectivity index (χ1v) is 6.33. The summed E-state index contributed by atoms with van der Waals surface area (Å²) in [7, 11) is 0. The van der Waals surface area contributed by atoms with E-state index in [1.165, 1.54) is 11.5 Å². The number of carboxylic acids is 1. The van der Waals surface area contributed by atoms with Crippen molar-refractivity contribution in [2.75, 3.05) is 0 Å². The fourth-order valence-corrected chi connectivity index (χ4v) is 2.29. The van der Waals surface area contributed by atoms with Crippen molar-refractivity contribution in [3.05, 3.63) is 20.2 Å². The van der Waals surface area contributed by atoms with Crippen LogP contribution in [-0.4, -0.2) is 27.6 Å². The maximum absolute atomic E-state index is 11.6. The molecule has 6 nitrogen and oxygen atoms in total. The van der Waals surface area contributed by atoms with Crippen LogP contribution in [0.3, 0.4) is 0 Å². The van der Waals surface area contributed by atoms with Gasteiger partial charge in [0.05, 0.1) is 0 Å². The van der Waals surface area contributed by atoms with Crippen LogP contribution in [0.15, 0.2) is 4.79 Å². The Bertz CT molecular complexity index is 518. The van der Waals surface area contributed by atoms with Crippen LogP contribution in [0.25, 0.3) is 0 Å². The van der Waals surface area contributed by atoms with Crippen molar-refractivity contribution < 1.29 is 14.7 Å². The van der Waals surface area contributed by atoms with Crippen LogP contribution in [0.1, 0.15) is 23.9 Å². The molecule has 0 saturated heterocycles. The number of carbonyl (C=O) groups excluding carboxylic acids is 1. The third kappa shape index (κ3) is 3.43. The van der Waals surface area contributed by atoms with E-state index in [2.05, 4.69) is 5.32 Å². The molecule has 0 unspecified atom stereocenters. The molecule has 1 atom stereocenters. The standard InChI is InChI=1S/C11H16N2O4S/c1-6(10(15)16)12-9(14)4-5-13-7(2)8(3)18-11(13)17/h6H,4-5H2,1-3H3,(H,12,14)(H,15,16)/t6-/m1/s1. The highest BCUT2D eigenvalue weighted by atomic mass is 32.1. The van der Waals surface area contributed by atoms with Crippen LogP contribution in [0, 0.1) is 13.8 Å². The summed E-state index contributed by atoms with van der Waals surface area (Å²) >= 11 is 1.15. The molecule has 0 aliphatic rings. The molecular formula is C11H16N2O4S. The maximum atomic E-state index is 11.6. The minimum atomic E-state index is -1.08. The fourth-order valence-electron chi connectivity index (χ4n) is 1.43. The second kappa shape index (κ2) is 5.81. The lowest BCUT2D eigenvalue weighted by atomic mass is 10.3. The number of carboxylic acid groups (broad SMARTS) is 1. The maximum Gasteiger partial charge on any atom is 0.325 e. The average molecular weight is 272 g/mol. The monoisotopic (exact) mass is 272 g/mol. The molecule has 0 aliphatic carbocycles. The number of nitrogens with zero attached hydrogens (tertiary/aromatic N) is 1. The van der Waals surface area contributed by atoms with Crippen molar-refractivity contribution in [3.8, 4) is 0 Å². The van der Waals surface area contributed by atoms with Gasteiger partial charge in [-0.25, -0.2) is 0 Å². The summed E-state index contributed by atoms with van der Waals surface area (Å²) in [5, 5.41) is 11.0. The van der Waals surface area contributed by atoms with Crippen LogP contribution >= 0.6 is 11.3 Å². The van der Waals surface area contributed by atoms with E-state index in [1.807, 2.05) is 13.8 Å². The third-order valence-electron chi connectivity index (χ3n) is 2.69. The fraction of sp³-hybridized carbons (Fsp3) is 0.545. The van der Waals surface area contributed by atoms with Crippen molar-refractivity contribution in [3.63, 3.8) is 0 Å². The Hall–Kier alpha value is -1.63. The van der Waals surface area contributed by atoms with Crippen LogP contribution in [0.2, 0.25) is 0 Å². The molecule has 0 saturated carbocycles. The summed E-state index contributed by atoms with van der Waals surface area (Å²) in [6.07, 6.45) is 0.0918. The van der Waals surface area contributed by atoms with Crippen molar-refractivity contribution in [1.82, 2.24) is 9.88 Å². The number of aromatic nitrogens is 1. The lowest BCUT2D eigenvalue weighted by Crippen LogP contribution is -2.38. The van der Waals surface area contributed by atoms with Gasteiger partial charge in [0.2, 0.25) is 5.91 Å². The minimum Gasteiger partial charge on any atom is -0.480 e. The average Bonchev–Trinajstić information content (AvgIpc) is 2.51. The molecule has 0 fully saturated rings. The number of carbonyl (C=O) groups is 2. The summed E-state index contributed by atoms with van der Waals surface area (Å²) in [6.45, 7) is 5.34. The molecule has 0 aliphatic heterocycles. The van der Waals surface area contributed by atoms with Gasteiger partial charge >= 0.3 is 10.8 Å². The topological polar surface area (TPSA) is 88.4 Å². The lowest BCUT2D eigenvalue weighted by Gasteiger charge is -2.09. The molecule has 0 radical (unpaired) electrons. The van der Waals surface area contributed by atoms with Crippen molar-refractivity contribution in [2.24, 2.45) is 0 Å². The van der Waals surface area contributed by atoms with Gasteiger partial charge in [-0.2, -0.15) is 0 Å². The molecule has 1 amide bonds. The van der Waals surface area contributed by atoms with Gasteiger partial charge < -0.3 is 15.0 Å². The Labute approximate surface area is 108 Å². The van der Waals surface area contributed by atoms with Crippen molar-refractivity contribution in [1.29, 1.82) is 0 Å². The molecule has 0 aromatic carbocycles.